The van der Waals surface area contributed by atoms with E-state index in [1.165, 1.54) is 6.07 Å². The van der Waals surface area contributed by atoms with Crippen molar-refractivity contribution in [3.63, 3.8) is 0 Å². The summed E-state index contributed by atoms with van der Waals surface area (Å²) < 4.78 is 26.7. The fraction of sp³-hybridized carbons (Fsp3) is 0.571. The monoisotopic (exact) mass is 313 g/mol. The van der Waals surface area contributed by atoms with Gasteiger partial charge in [0.05, 0.1) is 28.9 Å². The van der Waals surface area contributed by atoms with Gasteiger partial charge in [0.2, 0.25) is 10.0 Å². The number of nitrogens with one attached hydrogen (secondary N) is 1. The van der Waals surface area contributed by atoms with Gasteiger partial charge in [-0.3, -0.25) is 0 Å². The first-order valence-corrected chi connectivity index (χ1v) is 8.74. The van der Waals surface area contributed by atoms with Crippen LogP contribution in [0.4, 0.5) is 11.4 Å². The Morgan fingerprint density at radius 3 is 2.86 bits per heavy atom. The van der Waals surface area contributed by atoms with Crippen molar-refractivity contribution in [1.82, 2.24) is 4.72 Å². The molecular formula is C14H23N3O3S. The summed E-state index contributed by atoms with van der Waals surface area (Å²) in [6, 6.07) is 4.72. The molecule has 1 aliphatic rings. The Hall–Kier alpha value is -1.31. The van der Waals surface area contributed by atoms with E-state index >= 15 is 0 Å². The first kappa shape index (κ1) is 16.1. The van der Waals surface area contributed by atoms with Crippen LogP contribution in [0.15, 0.2) is 23.1 Å². The molecule has 1 fully saturated rings. The van der Waals surface area contributed by atoms with Crippen LogP contribution in [0.25, 0.3) is 0 Å². The Bertz CT molecular complexity index is 589. The van der Waals surface area contributed by atoms with E-state index in [1.54, 1.807) is 19.1 Å². The number of nitrogens with two attached hydrogens (primary N) is 1. The first-order valence-electron chi connectivity index (χ1n) is 7.26. The van der Waals surface area contributed by atoms with Gasteiger partial charge in [0.15, 0.2) is 0 Å². The summed E-state index contributed by atoms with van der Waals surface area (Å²) in [7, 11) is -3.51. The number of anilines is 2. The number of sulfonamides is 1. The minimum absolute atomic E-state index is 0.00172. The summed E-state index contributed by atoms with van der Waals surface area (Å²) in [6.45, 7) is 2.90. The Morgan fingerprint density at radius 2 is 2.19 bits per heavy atom. The molecule has 1 aliphatic heterocycles. The lowest BCUT2D eigenvalue weighted by molar-refractivity contribution is 0.240. The molecule has 0 radical (unpaired) electrons. The van der Waals surface area contributed by atoms with Gasteiger partial charge in [-0.05, 0) is 37.5 Å². The van der Waals surface area contributed by atoms with Crippen LogP contribution in [-0.4, -0.2) is 39.3 Å². The van der Waals surface area contributed by atoms with Gasteiger partial charge in [-0.2, -0.15) is 0 Å². The predicted molar refractivity (Wildman–Crippen MR) is 83.8 cm³/mol. The van der Waals surface area contributed by atoms with Crippen molar-refractivity contribution < 1.29 is 13.5 Å². The van der Waals surface area contributed by atoms with Crippen LogP contribution in [0.2, 0.25) is 0 Å². The van der Waals surface area contributed by atoms with Gasteiger partial charge >= 0.3 is 0 Å². The molecule has 1 atom stereocenters. The van der Waals surface area contributed by atoms with Gasteiger partial charge in [-0.1, -0.05) is 6.92 Å². The van der Waals surface area contributed by atoms with Crippen molar-refractivity contribution in [2.45, 2.75) is 37.1 Å². The highest BCUT2D eigenvalue weighted by molar-refractivity contribution is 7.89. The van der Waals surface area contributed by atoms with Gasteiger partial charge in [0.25, 0.3) is 0 Å². The van der Waals surface area contributed by atoms with Crippen molar-refractivity contribution in [3.05, 3.63) is 18.2 Å². The first-order chi connectivity index (χ1) is 9.99. The Balaban J connectivity index is 2.39. The molecule has 1 aromatic carbocycles. The van der Waals surface area contributed by atoms with Gasteiger partial charge in [-0.15, -0.1) is 0 Å². The van der Waals surface area contributed by atoms with Crippen molar-refractivity contribution in [2.75, 3.05) is 30.3 Å². The van der Waals surface area contributed by atoms with E-state index in [0.717, 1.165) is 25.8 Å². The van der Waals surface area contributed by atoms with Crippen molar-refractivity contribution >= 4 is 21.4 Å². The molecule has 21 heavy (non-hydrogen) atoms. The largest absolute Gasteiger partial charge is 0.397 e. The third kappa shape index (κ3) is 3.48. The van der Waals surface area contributed by atoms with E-state index < -0.39 is 10.0 Å². The fourth-order valence-electron chi connectivity index (χ4n) is 2.72. The van der Waals surface area contributed by atoms with Gasteiger partial charge in [0, 0.05) is 13.1 Å². The molecule has 0 aliphatic carbocycles. The maximum absolute atomic E-state index is 12.1. The number of nitrogen functional groups attached to an aromatic ring is 1. The molecule has 4 N–H and O–H groups in total. The van der Waals surface area contributed by atoms with Crippen LogP contribution in [0, 0.1) is 0 Å². The number of hydrogen-bond donors (Lipinski definition) is 3. The summed E-state index contributed by atoms with van der Waals surface area (Å²) in [5.74, 6) is 0. The molecule has 7 heteroatoms. The molecule has 0 bridgehead atoms. The van der Waals surface area contributed by atoms with Gasteiger partial charge in [-0.25, -0.2) is 13.1 Å². The molecule has 118 valence electrons. The third-order valence-corrected chi connectivity index (χ3v) is 5.34. The molecular weight excluding hydrogens is 290 g/mol. The van der Waals surface area contributed by atoms with Gasteiger partial charge < -0.3 is 15.7 Å². The normalized spacial score (nSPS) is 19.7. The molecule has 1 aromatic rings. The van der Waals surface area contributed by atoms with Crippen molar-refractivity contribution in [1.29, 1.82) is 0 Å². The maximum atomic E-state index is 12.1. The average Bonchev–Trinajstić information content (AvgIpc) is 2.47. The number of aliphatic hydroxyl groups is 1. The lowest BCUT2D eigenvalue weighted by Crippen LogP contribution is -2.42. The molecule has 2 rings (SSSR count). The smallest absolute Gasteiger partial charge is 0.240 e. The van der Waals surface area contributed by atoms with Crippen molar-refractivity contribution in [2.24, 2.45) is 0 Å². The number of hydrogen-bond acceptors (Lipinski definition) is 5. The Kier molecular flexibility index (Phi) is 5.08. The van der Waals surface area contributed by atoms with Crippen LogP contribution in [0.5, 0.6) is 0 Å². The van der Waals surface area contributed by atoms with Crippen LogP contribution >= 0.6 is 0 Å². The van der Waals surface area contributed by atoms with Crippen LogP contribution in [-0.2, 0) is 10.0 Å². The summed E-state index contributed by atoms with van der Waals surface area (Å²) >= 11 is 0. The highest BCUT2D eigenvalue weighted by atomic mass is 32.2. The number of benzene rings is 1. The SMILES string of the molecule is CCNS(=O)(=O)c1ccc(N)c(N2CCCCC2CO)c1. The highest BCUT2D eigenvalue weighted by Gasteiger charge is 2.25. The molecule has 0 amide bonds. The van der Waals surface area contributed by atoms with E-state index in [2.05, 4.69) is 4.72 Å². The molecule has 6 nitrogen and oxygen atoms in total. The van der Waals surface area contributed by atoms with Gasteiger partial charge in [0.1, 0.15) is 0 Å². The minimum atomic E-state index is -3.51. The summed E-state index contributed by atoms with van der Waals surface area (Å²) in [6.07, 6.45) is 2.97. The van der Waals surface area contributed by atoms with E-state index in [4.69, 9.17) is 5.73 Å². The second-order valence-electron chi connectivity index (χ2n) is 5.25. The zero-order valence-corrected chi connectivity index (χ0v) is 13.1. The standard InChI is InChI=1S/C14H23N3O3S/c1-2-16-21(19,20)12-6-7-13(15)14(9-12)17-8-4-3-5-11(17)10-18/h6-7,9,11,16,18H,2-5,8,10,15H2,1H3. The Morgan fingerprint density at radius 1 is 1.43 bits per heavy atom. The molecule has 1 heterocycles. The van der Waals surface area contributed by atoms with Crippen LogP contribution in [0.3, 0.4) is 0 Å². The fourth-order valence-corrected chi connectivity index (χ4v) is 3.78. The summed E-state index contributed by atoms with van der Waals surface area (Å²) in [5, 5.41) is 9.51. The lowest BCUT2D eigenvalue weighted by atomic mass is 10.0. The summed E-state index contributed by atoms with van der Waals surface area (Å²) in [5.41, 5.74) is 7.24. The van der Waals surface area contributed by atoms with Crippen LogP contribution < -0.4 is 15.4 Å². The molecule has 0 saturated carbocycles. The molecule has 1 unspecified atom stereocenters. The van der Waals surface area contributed by atoms with Crippen molar-refractivity contribution in [3.8, 4) is 0 Å². The lowest BCUT2D eigenvalue weighted by Gasteiger charge is -2.37. The number of aliphatic hydroxyl groups excluding tert-OH is 1. The van der Waals surface area contributed by atoms with E-state index in [0.29, 0.717) is 17.9 Å². The molecule has 1 saturated heterocycles. The number of nitrogens with zero attached hydrogens (tertiary/aromatic N) is 1. The molecule has 0 aromatic heterocycles. The zero-order valence-electron chi connectivity index (χ0n) is 12.2. The maximum Gasteiger partial charge on any atom is 0.240 e. The zero-order chi connectivity index (χ0) is 15.5. The number of piperidine rings is 1. The highest BCUT2D eigenvalue weighted by Crippen LogP contribution is 2.31. The van der Waals surface area contributed by atoms with E-state index in [9.17, 15) is 13.5 Å². The summed E-state index contributed by atoms with van der Waals surface area (Å²) in [4.78, 5) is 2.22. The second-order valence-corrected chi connectivity index (χ2v) is 7.01. The van der Waals surface area contributed by atoms with E-state index in [1.807, 2.05) is 4.90 Å². The third-order valence-electron chi connectivity index (χ3n) is 3.79. The quantitative estimate of drug-likeness (QED) is 0.703. The van der Waals surface area contributed by atoms with Crippen LogP contribution in [0.1, 0.15) is 26.2 Å². The average molecular weight is 313 g/mol. The minimum Gasteiger partial charge on any atom is -0.397 e. The van der Waals surface area contributed by atoms with E-state index in [-0.39, 0.29) is 17.5 Å². The topological polar surface area (TPSA) is 95.7 Å². The predicted octanol–water partition coefficient (Wildman–Crippen LogP) is 0.918. The molecule has 0 spiro atoms. The number of rotatable bonds is 5. The Labute approximate surface area is 126 Å². The second kappa shape index (κ2) is 6.64.